The highest BCUT2D eigenvalue weighted by atomic mass is 35.5. The maximum Gasteiger partial charge on any atom is 0.409 e. The van der Waals surface area contributed by atoms with Crippen molar-refractivity contribution in [3.05, 3.63) is 46.5 Å². The van der Waals surface area contributed by atoms with Crippen molar-refractivity contribution in [1.82, 2.24) is 5.32 Å². The van der Waals surface area contributed by atoms with Crippen LogP contribution in [0.5, 0.6) is 5.75 Å². The molecule has 3 unspecified atom stereocenters. The summed E-state index contributed by atoms with van der Waals surface area (Å²) < 4.78 is 28.6. The number of benzene rings is 1. The molecular weight excluding hydrogens is 580 g/mol. The lowest BCUT2D eigenvalue weighted by Crippen LogP contribution is -2.63. The van der Waals surface area contributed by atoms with Crippen molar-refractivity contribution in [3.63, 3.8) is 0 Å². The Morgan fingerprint density at radius 2 is 2.00 bits per heavy atom. The van der Waals surface area contributed by atoms with Gasteiger partial charge in [-0.15, -0.1) is 0 Å². The number of methoxy groups -OCH3 is 2. The van der Waals surface area contributed by atoms with Crippen LogP contribution in [0.1, 0.15) is 52.5 Å². The van der Waals surface area contributed by atoms with E-state index in [9.17, 15) is 19.5 Å². The largest absolute Gasteiger partial charge is 0.495 e. The molecule has 43 heavy (non-hydrogen) atoms. The van der Waals surface area contributed by atoms with Gasteiger partial charge in [0.25, 0.3) is 0 Å². The van der Waals surface area contributed by atoms with Crippen LogP contribution in [0.15, 0.2) is 35.9 Å². The minimum Gasteiger partial charge on any atom is -0.495 e. The van der Waals surface area contributed by atoms with Crippen molar-refractivity contribution in [2.45, 2.75) is 89.1 Å². The average molecular weight is 621 g/mol. The van der Waals surface area contributed by atoms with Gasteiger partial charge < -0.3 is 33.7 Å². The minimum absolute atomic E-state index is 0.00655. The Bertz CT molecular complexity index is 1320. The molecule has 0 radical (unpaired) electrons. The fourth-order valence-corrected chi connectivity index (χ4v) is 6.16. The van der Waals surface area contributed by atoms with Gasteiger partial charge in [-0.3, -0.25) is 14.9 Å². The van der Waals surface area contributed by atoms with Gasteiger partial charge in [0.05, 0.1) is 25.3 Å². The number of allylic oxidation sites excluding steroid dienone is 3. The van der Waals surface area contributed by atoms with E-state index in [1.54, 1.807) is 33.0 Å². The zero-order valence-electron chi connectivity index (χ0n) is 25.6. The normalized spacial score (nSPS) is 35.0. The number of nitrogens with one attached hydrogen (secondary N) is 1. The molecule has 2 N–H and O–H groups in total. The van der Waals surface area contributed by atoms with E-state index in [2.05, 4.69) is 5.32 Å². The average Bonchev–Trinajstić information content (AvgIpc) is 3.66. The summed E-state index contributed by atoms with van der Waals surface area (Å²) in [5, 5.41) is 14.3. The Morgan fingerprint density at radius 1 is 1.28 bits per heavy atom. The van der Waals surface area contributed by atoms with Gasteiger partial charge in [-0.1, -0.05) is 49.2 Å². The van der Waals surface area contributed by atoms with Crippen LogP contribution in [0.2, 0.25) is 5.02 Å². The molecule has 4 bridgehead atoms. The molecule has 7 atom stereocenters. The van der Waals surface area contributed by atoms with Crippen LogP contribution < -0.4 is 15.0 Å². The van der Waals surface area contributed by atoms with Crippen molar-refractivity contribution in [2.75, 3.05) is 26.2 Å². The zero-order chi connectivity index (χ0) is 31.7. The summed E-state index contributed by atoms with van der Waals surface area (Å²) in [6, 6.07) is 3.63. The second kappa shape index (κ2) is 12.9. The smallest absolute Gasteiger partial charge is 0.409 e. The van der Waals surface area contributed by atoms with Gasteiger partial charge in [-0.25, -0.2) is 4.79 Å². The van der Waals surface area contributed by atoms with Gasteiger partial charge in [0.1, 0.15) is 34.7 Å². The number of hydrogen-bond donors (Lipinski definition) is 2. The number of aliphatic hydroxyl groups is 1. The number of ether oxygens (including phenoxy) is 5. The van der Waals surface area contributed by atoms with E-state index in [4.69, 9.17) is 35.3 Å². The third-order valence-electron chi connectivity index (χ3n) is 8.51. The Morgan fingerprint density at radius 3 is 2.65 bits per heavy atom. The van der Waals surface area contributed by atoms with E-state index in [1.165, 1.54) is 19.1 Å². The van der Waals surface area contributed by atoms with Crippen molar-refractivity contribution < 1.29 is 43.2 Å². The highest BCUT2D eigenvalue weighted by molar-refractivity contribution is 6.35. The molecule has 0 spiro atoms. The molecule has 2 saturated heterocycles. The van der Waals surface area contributed by atoms with Crippen LogP contribution in [0.3, 0.4) is 0 Å². The molecule has 236 valence electrons. The van der Waals surface area contributed by atoms with E-state index in [0.29, 0.717) is 17.9 Å². The first-order valence-electron chi connectivity index (χ1n) is 14.3. The predicted molar refractivity (Wildman–Crippen MR) is 159 cm³/mol. The third kappa shape index (κ3) is 6.85. The topological polar surface area (TPSA) is 136 Å². The molecular formula is C31H41ClN2O9. The quantitative estimate of drug-likeness (QED) is 0.377. The standard InChI is InChI=1S/C31H41ClN2O9/c1-8-26(36)42-24-15-25(35)34(5)20-13-19(14-21(39-6)27(20)32)12-17(2)10-9-11-23(40-7)31(38)16-22(41-29(37)33-31)18(3)28-30(24,4)43-28/h9-11,13-14,18,22-24,28,38H,8,12,15-16H2,1-7H3,(H,33,37)/b11-9+,17-10+/t18-,22?,23-,24-,28?,30?,31+/m1/s1. The molecule has 12 heteroatoms. The van der Waals surface area contributed by atoms with E-state index >= 15 is 0 Å². The number of halogens is 1. The van der Waals surface area contributed by atoms with E-state index in [0.717, 1.165) is 11.1 Å². The fourth-order valence-electron chi connectivity index (χ4n) is 5.85. The van der Waals surface area contributed by atoms with Crippen molar-refractivity contribution in [2.24, 2.45) is 5.92 Å². The van der Waals surface area contributed by atoms with E-state index in [1.807, 2.05) is 32.1 Å². The number of fused-ring (bicyclic) bond motifs is 5. The van der Waals surface area contributed by atoms with Crippen LogP contribution in [-0.2, 0) is 35.0 Å². The second-order valence-electron chi connectivity index (χ2n) is 11.6. The minimum atomic E-state index is -1.76. The lowest BCUT2D eigenvalue weighted by Gasteiger charge is -2.42. The van der Waals surface area contributed by atoms with Gasteiger partial charge in [0.2, 0.25) is 5.91 Å². The number of amides is 2. The summed E-state index contributed by atoms with van der Waals surface area (Å²) in [5.41, 5.74) is -0.564. The number of rotatable bonds is 4. The maximum atomic E-state index is 13.7. The molecule has 2 fully saturated rings. The molecule has 1 aromatic rings. The van der Waals surface area contributed by atoms with Gasteiger partial charge in [-0.05, 0) is 38.0 Å². The molecule has 3 aliphatic heterocycles. The van der Waals surface area contributed by atoms with E-state index in [-0.39, 0.29) is 30.2 Å². The SMILES string of the molecule is CCC(=O)O[C@@H]1CC(=O)N(C)c2cc(cc(OC)c2Cl)C/C(C)=C/C=C/[C@@H](OC)[C@@]2(O)CC(OC(=O)N2)[C@@H](C)C2OC21C. The van der Waals surface area contributed by atoms with Crippen LogP contribution in [0, 0.1) is 5.92 Å². The van der Waals surface area contributed by atoms with Crippen LogP contribution in [0.25, 0.3) is 0 Å². The number of nitrogens with zero attached hydrogens (tertiary/aromatic N) is 1. The Balaban J connectivity index is 1.79. The number of esters is 1. The summed E-state index contributed by atoms with van der Waals surface area (Å²) in [4.78, 5) is 40.2. The molecule has 4 rings (SSSR count). The molecule has 0 aliphatic carbocycles. The molecule has 11 nitrogen and oxygen atoms in total. The molecule has 0 saturated carbocycles. The lowest BCUT2D eigenvalue weighted by molar-refractivity contribution is -0.153. The van der Waals surface area contributed by atoms with Gasteiger partial charge in [0, 0.05) is 32.9 Å². The Hall–Kier alpha value is -3.12. The van der Waals surface area contributed by atoms with Gasteiger partial charge in [-0.2, -0.15) is 0 Å². The number of epoxide rings is 1. The molecule has 3 heterocycles. The summed E-state index contributed by atoms with van der Waals surface area (Å²) in [6.45, 7) is 7.20. The highest BCUT2D eigenvalue weighted by Gasteiger charge is 2.64. The summed E-state index contributed by atoms with van der Waals surface area (Å²) in [6.07, 6.45) is 1.81. The zero-order valence-corrected chi connectivity index (χ0v) is 26.4. The summed E-state index contributed by atoms with van der Waals surface area (Å²) in [5.74, 6) is -0.854. The monoisotopic (exact) mass is 620 g/mol. The van der Waals surface area contributed by atoms with Crippen LogP contribution in [-0.4, -0.2) is 80.1 Å². The number of alkyl carbamates (subject to hydrolysis) is 1. The Labute approximate surface area is 257 Å². The van der Waals surface area contributed by atoms with E-state index < -0.39 is 53.7 Å². The number of anilines is 1. The molecule has 2 amide bonds. The first-order chi connectivity index (χ1) is 20.3. The fraction of sp³-hybridized carbons (Fsp3) is 0.581. The lowest BCUT2D eigenvalue weighted by atomic mass is 9.83. The van der Waals surface area contributed by atoms with Gasteiger partial charge >= 0.3 is 12.1 Å². The molecule has 0 aromatic heterocycles. The van der Waals surface area contributed by atoms with Crippen molar-refractivity contribution >= 4 is 35.3 Å². The Kier molecular flexibility index (Phi) is 9.80. The second-order valence-corrected chi connectivity index (χ2v) is 12.0. The first kappa shape index (κ1) is 32.8. The highest BCUT2D eigenvalue weighted by Crippen LogP contribution is 2.49. The van der Waals surface area contributed by atoms with Crippen molar-refractivity contribution in [1.29, 1.82) is 0 Å². The summed E-state index contributed by atoms with van der Waals surface area (Å²) >= 11 is 6.66. The van der Waals surface area contributed by atoms with Crippen molar-refractivity contribution in [3.8, 4) is 5.75 Å². The number of carbonyl (C=O) groups is 3. The predicted octanol–water partition coefficient (Wildman–Crippen LogP) is 4.08. The molecule has 3 aliphatic rings. The first-order valence-corrected chi connectivity index (χ1v) is 14.7. The van der Waals surface area contributed by atoms with Crippen LogP contribution >= 0.6 is 11.6 Å². The number of hydrogen-bond acceptors (Lipinski definition) is 9. The maximum absolute atomic E-state index is 13.7. The molecule has 1 aromatic carbocycles. The third-order valence-corrected chi connectivity index (χ3v) is 8.89. The van der Waals surface area contributed by atoms with Gasteiger partial charge in [0.15, 0.2) is 5.72 Å². The van der Waals surface area contributed by atoms with Crippen LogP contribution in [0.4, 0.5) is 10.5 Å². The number of carbonyl (C=O) groups excluding carboxylic acids is 3. The summed E-state index contributed by atoms with van der Waals surface area (Å²) in [7, 11) is 4.56.